The van der Waals surface area contributed by atoms with E-state index in [2.05, 4.69) is 32.7 Å². The minimum Gasteiger partial charge on any atom is -0.493 e. The number of carbonyl (C=O) groups is 1. The molecule has 1 aromatic carbocycles. The number of fused-ring (bicyclic) bond motifs is 1. The molecule has 31 heavy (non-hydrogen) atoms. The number of carbonyl (C=O) groups excluding carboxylic acids is 1. The van der Waals surface area contributed by atoms with Gasteiger partial charge in [0.25, 0.3) is 0 Å². The molecule has 3 atom stereocenters. The van der Waals surface area contributed by atoms with E-state index in [1.165, 1.54) is 12.0 Å². The summed E-state index contributed by atoms with van der Waals surface area (Å²) in [5.74, 6) is 3.24. The quantitative estimate of drug-likeness (QED) is 0.668. The predicted octanol–water partition coefficient (Wildman–Crippen LogP) is 4.38. The van der Waals surface area contributed by atoms with Gasteiger partial charge in [0.15, 0.2) is 11.5 Å². The molecular formula is C25H32N2O3S. The van der Waals surface area contributed by atoms with Gasteiger partial charge in [-0.1, -0.05) is 18.6 Å². The lowest BCUT2D eigenvalue weighted by atomic mass is 9.82. The molecule has 1 aromatic heterocycles. The first-order valence-electron chi connectivity index (χ1n) is 11.4. The van der Waals surface area contributed by atoms with E-state index in [1.807, 2.05) is 12.1 Å². The van der Waals surface area contributed by atoms with Crippen molar-refractivity contribution in [3.8, 4) is 11.5 Å². The van der Waals surface area contributed by atoms with Crippen LogP contribution in [0.4, 0.5) is 0 Å². The first-order chi connectivity index (χ1) is 15.2. The summed E-state index contributed by atoms with van der Waals surface area (Å²) < 4.78 is 11.2. The fourth-order valence-electron chi connectivity index (χ4n) is 5.75. The third-order valence-corrected chi connectivity index (χ3v) is 8.30. The molecule has 1 aliphatic carbocycles. The number of rotatable bonds is 6. The Labute approximate surface area is 188 Å². The van der Waals surface area contributed by atoms with E-state index >= 15 is 0 Å². The molecule has 5 rings (SSSR count). The smallest absolute Gasteiger partial charge is 0.225 e. The topological polar surface area (TPSA) is 42.0 Å². The zero-order valence-electron chi connectivity index (χ0n) is 18.5. The average molecular weight is 441 g/mol. The molecule has 2 aromatic rings. The molecule has 3 aliphatic rings. The van der Waals surface area contributed by atoms with Crippen LogP contribution in [0.2, 0.25) is 0 Å². The highest BCUT2D eigenvalue weighted by molar-refractivity contribution is 7.08. The lowest BCUT2D eigenvalue weighted by Gasteiger charge is -2.40. The van der Waals surface area contributed by atoms with Gasteiger partial charge in [-0.15, -0.1) is 0 Å². The third-order valence-electron chi connectivity index (χ3n) is 7.60. The van der Waals surface area contributed by atoms with Gasteiger partial charge in [0, 0.05) is 55.5 Å². The van der Waals surface area contributed by atoms with Crippen LogP contribution in [0.15, 0.2) is 35.0 Å². The number of methoxy groups -OCH3 is 2. The van der Waals surface area contributed by atoms with Gasteiger partial charge >= 0.3 is 0 Å². The maximum Gasteiger partial charge on any atom is 0.225 e. The Balaban J connectivity index is 1.36. The Morgan fingerprint density at radius 3 is 2.68 bits per heavy atom. The van der Waals surface area contributed by atoms with Crippen LogP contribution in [-0.4, -0.2) is 55.6 Å². The van der Waals surface area contributed by atoms with Crippen LogP contribution >= 0.6 is 11.3 Å². The van der Waals surface area contributed by atoms with E-state index in [1.54, 1.807) is 25.6 Å². The van der Waals surface area contributed by atoms with Gasteiger partial charge in [0.1, 0.15) is 0 Å². The highest BCUT2D eigenvalue weighted by atomic mass is 32.1. The van der Waals surface area contributed by atoms with Crippen molar-refractivity contribution in [2.75, 3.05) is 33.9 Å². The Morgan fingerprint density at radius 1 is 1.13 bits per heavy atom. The molecule has 5 nitrogen and oxygen atoms in total. The number of hydrogen-bond donors (Lipinski definition) is 0. The Morgan fingerprint density at radius 2 is 2.00 bits per heavy atom. The molecule has 3 fully saturated rings. The number of amides is 1. The van der Waals surface area contributed by atoms with E-state index in [-0.39, 0.29) is 5.92 Å². The Bertz CT molecular complexity index is 911. The summed E-state index contributed by atoms with van der Waals surface area (Å²) in [4.78, 5) is 18.0. The normalized spacial score (nSPS) is 26.4. The number of hydrogen-bond acceptors (Lipinski definition) is 5. The van der Waals surface area contributed by atoms with Crippen molar-refractivity contribution in [1.82, 2.24) is 9.80 Å². The zero-order chi connectivity index (χ0) is 21.4. The first-order valence-corrected chi connectivity index (χ1v) is 12.4. The second kappa shape index (κ2) is 8.83. The van der Waals surface area contributed by atoms with Crippen molar-refractivity contribution in [2.24, 2.45) is 11.8 Å². The number of ether oxygens (including phenoxy) is 2. The predicted molar refractivity (Wildman–Crippen MR) is 123 cm³/mol. The van der Waals surface area contributed by atoms with E-state index in [0.29, 0.717) is 23.8 Å². The molecule has 1 saturated carbocycles. The lowest BCUT2D eigenvalue weighted by Crippen LogP contribution is -2.49. The van der Waals surface area contributed by atoms with Gasteiger partial charge in [0.2, 0.25) is 5.91 Å². The van der Waals surface area contributed by atoms with Gasteiger partial charge in [-0.2, -0.15) is 11.3 Å². The summed E-state index contributed by atoms with van der Waals surface area (Å²) in [6.45, 7) is 3.75. The minimum absolute atomic E-state index is 0.279. The van der Waals surface area contributed by atoms with Gasteiger partial charge < -0.3 is 14.4 Å². The second-order valence-corrected chi connectivity index (χ2v) is 9.97. The van der Waals surface area contributed by atoms with E-state index in [9.17, 15) is 4.79 Å². The van der Waals surface area contributed by atoms with E-state index in [0.717, 1.165) is 62.5 Å². The van der Waals surface area contributed by atoms with Crippen molar-refractivity contribution < 1.29 is 14.3 Å². The maximum absolute atomic E-state index is 13.2. The lowest BCUT2D eigenvalue weighted by molar-refractivity contribution is -0.140. The highest BCUT2D eigenvalue weighted by Crippen LogP contribution is 2.44. The van der Waals surface area contributed by atoms with Gasteiger partial charge in [-0.3, -0.25) is 9.69 Å². The minimum atomic E-state index is 0.279. The van der Waals surface area contributed by atoms with Crippen molar-refractivity contribution >= 4 is 17.2 Å². The first kappa shape index (κ1) is 20.8. The molecule has 2 saturated heterocycles. The molecule has 166 valence electrons. The van der Waals surface area contributed by atoms with Crippen LogP contribution in [0.5, 0.6) is 11.5 Å². The van der Waals surface area contributed by atoms with E-state index < -0.39 is 0 Å². The highest BCUT2D eigenvalue weighted by Gasteiger charge is 2.48. The maximum atomic E-state index is 13.2. The van der Waals surface area contributed by atoms with Gasteiger partial charge in [0.05, 0.1) is 14.2 Å². The SMILES string of the molecule is COc1cccc(CN2CC[C@H]3[C@@H](C2)[C@H](c2ccsc2)CN3C(=O)C2CCC2)c1OC. The number of piperidine rings is 1. The summed E-state index contributed by atoms with van der Waals surface area (Å²) >= 11 is 1.76. The van der Waals surface area contributed by atoms with Crippen LogP contribution in [0.1, 0.15) is 42.7 Å². The second-order valence-electron chi connectivity index (χ2n) is 9.19. The standard InChI is InChI=1S/C25H32N2O3S/c1-29-23-8-4-7-18(24(23)30-2)13-26-11-9-22-21(14-26)20(19-10-12-31-16-19)15-27(22)25(28)17-5-3-6-17/h4,7-8,10,12,16-17,20-22H,3,5-6,9,11,13-15H2,1-2H3/t20-,21-,22-/m0/s1. The van der Waals surface area contributed by atoms with Crippen LogP contribution in [0.3, 0.4) is 0 Å². The number of para-hydroxylation sites is 1. The number of likely N-dealkylation sites (tertiary alicyclic amines) is 2. The number of thiophene rings is 1. The van der Waals surface area contributed by atoms with Gasteiger partial charge in [-0.25, -0.2) is 0 Å². The summed E-state index contributed by atoms with van der Waals surface area (Å²) in [6, 6.07) is 8.74. The largest absolute Gasteiger partial charge is 0.493 e. The van der Waals surface area contributed by atoms with Crippen LogP contribution in [0.25, 0.3) is 0 Å². The van der Waals surface area contributed by atoms with Crippen molar-refractivity contribution in [1.29, 1.82) is 0 Å². The molecular weight excluding hydrogens is 408 g/mol. The summed E-state index contributed by atoms with van der Waals surface area (Å²) in [5, 5.41) is 4.45. The van der Waals surface area contributed by atoms with Crippen LogP contribution in [-0.2, 0) is 11.3 Å². The average Bonchev–Trinajstić information content (AvgIpc) is 3.39. The fraction of sp³-hybridized carbons (Fsp3) is 0.560. The third kappa shape index (κ3) is 3.85. The molecule has 3 heterocycles. The molecule has 0 N–H and O–H groups in total. The summed E-state index contributed by atoms with van der Waals surface area (Å²) in [6.07, 6.45) is 4.42. The van der Waals surface area contributed by atoms with Crippen LogP contribution in [0, 0.1) is 11.8 Å². The molecule has 0 bridgehead atoms. The zero-order valence-corrected chi connectivity index (χ0v) is 19.3. The molecule has 6 heteroatoms. The molecule has 0 unspecified atom stereocenters. The monoisotopic (exact) mass is 440 g/mol. The molecule has 0 radical (unpaired) electrons. The van der Waals surface area contributed by atoms with Gasteiger partial charge in [-0.05, 0) is 47.7 Å². The summed E-state index contributed by atoms with van der Waals surface area (Å²) in [5.41, 5.74) is 2.57. The van der Waals surface area contributed by atoms with Crippen LogP contribution < -0.4 is 9.47 Å². The van der Waals surface area contributed by atoms with Crippen molar-refractivity contribution in [2.45, 2.75) is 44.2 Å². The molecule has 2 aliphatic heterocycles. The number of nitrogens with zero attached hydrogens (tertiary/aromatic N) is 2. The van der Waals surface area contributed by atoms with Crippen molar-refractivity contribution in [3.05, 3.63) is 46.2 Å². The van der Waals surface area contributed by atoms with Crippen molar-refractivity contribution in [3.63, 3.8) is 0 Å². The van der Waals surface area contributed by atoms with E-state index in [4.69, 9.17) is 9.47 Å². The fourth-order valence-corrected chi connectivity index (χ4v) is 6.47. The molecule has 1 amide bonds. The summed E-state index contributed by atoms with van der Waals surface area (Å²) in [7, 11) is 3.39. The Hall–Kier alpha value is -2.05. The number of benzene rings is 1. The Kier molecular flexibility index (Phi) is 5.93. The molecule has 0 spiro atoms.